The number of nitrogens with two attached hydrogens (primary N) is 1. The Morgan fingerprint density at radius 3 is 2.65 bits per heavy atom. The molecule has 0 bridgehead atoms. The maximum Gasteiger partial charge on any atom is 0.305 e. The summed E-state index contributed by atoms with van der Waals surface area (Å²) in [6.45, 7) is 4.34. The van der Waals surface area contributed by atoms with Gasteiger partial charge in [-0.2, -0.15) is 0 Å². The number of nitrogen functional groups attached to an aromatic ring is 1. The Kier molecular flexibility index (Phi) is 7.02. The molecule has 2 aromatic rings. The predicted molar refractivity (Wildman–Crippen MR) is 101 cm³/mol. The van der Waals surface area contributed by atoms with E-state index in [9.17, 15) is 9.59 Å². The molecule has 0 unspecified atom stereocenters. The number of carbonyl (C=O) groups is 2. The predicted octanol–water partition coefficient (Wildman–Crippen LogP) is 3.55. The lowest BCUT2D eigenvalue weighted by Gasteiger charge is -2.13. The first-order valence-electron chi connectivity index (χ1n) is 8.56. The molecule has 6 heteroatoms. The van der Waals surface area contributed by atoms with Gasteiger partial charge in [-0.1, -0.05) is 12.1 Å². The van der Waals surface area contributed by atoms with Gasteiger partial charge in [0.25, 0.3) is 5.91 Å². The Labute approximate surface area is 153 Å². The highest BCUT2D eigenvalue weighted by Crippen LogP contribution is 2.25. The molecule has 0 fully saturated rings. The van der Waals surface area contributed by atoms with Crippen LogP contribution in [-0.2, 0) is 9.53 Å². The van der Waals surface area contributed by atoms with Crippen molar-refractivity contribution in [3.05, 3.63) is 53.6 Å². The van der Waals surface area contributed by atoms with Crippen molar-refractivity contribution in [1.29, 1.82) is 0 Å². The summed E-state index contributed by atoms with van der Waals surface area (Å²) >= 11 is 0. The van der Waals surface area contributed by atoms with E-state index in [0.717, 1.165) is 5.56 Å². The minimum absolute atomic E-state index is 0.231. The van der Waals surface area contributed by atoms with Crippen molar-refractivity contribution < 1.29 is 19.1 Å². The Morgan fingerprint density at radius 1 is 1.15 bits per heavy atom. The van der Waals surface area contributed by atoms with Gasteiger partial charge in [-0.25, -0.2) is 0 Å². The Hall–Kier alpha value is -3.02. The standard InChI is InChI=1S/C20H24N2O4/c1-3-25-19(23)9-6-12-26-18-8-5-4-7-17(18)22-20(24)16-11-10-15(21)13-14(16)2/h4-5,7-8,10-11,13H,3,6,9,12,21H2,1-2H3,(H,22,24). The number of amides is 1. The molecule has 0 aliphatic heterocycles. The highest BCUT2D eigenvalue weighted by molar-refractivity contribution is 6.06. The lowest BCUT2D eigenvalue weighted by Crippen LogP contribution is -2.14. The van der Waals surface area contributed by atoms with Crippen molar-refractivity contribution in [2.24, 2.45) is 0 Å². The fourth-order valence-electron chi connectivity index (χ4n) is 2.46. The summed E-state index contributed by atoms with van der Waals surface area (Å²) in [5, 5.41) is 2.86. The average Bonchev–Trinajstić information content (AvgIpc) is 2.60. The summed E-state index contributed by atoms with van der Waals surface area (Å²) in [6, 6.07) is 12.3. The van der Waals surface area contributed by atoms with Gasteiger partial charge < -0.3 is 20.5 Å². The van der Waals surface area contributed by atoms with Crippen LogP contribution in [0.1, 0.15) is 35.7 Å². The molecule has 2 rings (SSSR count). The number of para-hydroxylation sites is 2. The maximum absolute atomic E-state index is 12.5. The second kappa shape index (κ2) is 9.46. The van der Waals surface area contributed by atoms with Gasteiger partial charge in [0.2, 0.25) is 0 Å². The van der Waals surface area contributed by atoms with Gasteiger partial charge in [0.15, 0.2) is 0 Å². The van der Waals surface area contributed by atoms with Gasteiger partial charge in [-0.3, -0.25) is 9.59 Å². The third kappa shape index (κ3) is 5.51. The molecule has 0 saturated heterocycles. The van der Waals surface area contributed by atoms with Crippen molar-refractivity contribution in [2.45, 2.75) is 26.7 Å². The molecule has 0 aliphatic carbocycles. The molecular weight excluding hydrogens is 332 g/mol. The number of esters is 1. The van der Waals surface area contributed by atoms with Crippen molar-refractivity contribution in [3.63, 3.8) is 0 Å². The van der Waals surface area contributed by atoms with Gasteiger partial charge in [-0.05, 0) is 56.2 Å². The first-order chi connectivity index (χ1) is 12.5. The molecule has 0 atom stereocenters. The smallest absolute Gasteiger partial charge is 0.305 e. The SMILES string of the molecule is CCOC(=O)CCCOc1ccccc1NC(=O)c1ccc(N)cc1C. The van der Waals surface area contributed by atoms with Gasteiger partial charge in [0, 0.05) is 17.7 Å². The number of anilines is 2. The van der Waals surface area contributed by atoms with Crippen molar-refractivity contribution in [1.82, 2.24) is 0 Å². The van der Waals surface area contributed by atoms with Crippen LogP contribution >= 0.6 is 0 Å². The number of benzene rings is 2. The van der Waals surface area contributed by atoms with E-state index < -0.39 is 0 Å². The Balaban J connectivity index is 1.97. The number of rotatable bonds is 8. The van der Waals surface area contributed by atoms with E-state index in [0.29, 0.717) is 48.7 Å². The van der Waals surface area contributed by atoms with Crippen LogP contribution in [0.15, 0.2) is 42.5 Å². The van der Waals surface area contributed by atoms with Crippen LogP contribution in [0.25, 0.3) is 0 Å². The van der Waals surface area contributed by atoms with Crippen LogP contribution in [0.5, 0.6) is 5.75 Å². The zero-order valence-corrected chi connectivity index (χ0v) is 15.1. The Morgan fingerprint density at radius 2 is 1.92 bits per heavy atom. The van der Waals surface area contributed by atoms with Crippen LogP contribution in [0.3, 0.4) is 0 Å². The van der Waals surface area contributed by atoms with E-state index in [1.165, 1.54) is 0 Å². The van der Waals surface area contributed by atoms with Gasteiger partial charge in [0.05, 0.1) is 18.9 Å². The molecule has 138 valence electrons. The van der Waals surface area contributed by atoms with E-state index in [1.807, 2.05) is 19.1 Å². The quantitative estimate of drug-likeness (QED) is 0.429. The Bertz CT molecular complexity index is 774. The molecule has 0 saturated carbocycles. The van der Waals surface area contributed by atoms with E-state index in [1.54, 1.807) is 37.3 Å². The summed E-state index contributed by atoms with van der Waals surface area (Å²) in [7, 11) is 0. The van der Waals surface area contributed by atoms with Crippen LogP contribution in [0.2, 0.25) is 0 Å². The lowest BCUT2D eigenvalue weighted by molar-refractivity contribution is -0.143. The van der Waals surface area contributed by atoms with Crippen LogP contribution < -0.4 is 15.8 Å². The number of carbonyl (C=O) groups excluding carboxylic acids is 2. The fraction of sp³-hybridized carbons (Fsp3) is 0.300. The normalized spacial score (nSPS) is 10.2. The second-order valence-corrected chi connectivity index (χ2v) is 5.78. The van der Waals surface area contributed by atoms with Crippen LogP contribution in [0, 0.1) is 6.92 Å². The van der Waals surface area contributed by atoms with E-state index >= 15 is 0 Å². The third-order valence-electron chi connectivity index (χ3n) is 3.72. The van der Waals surface area contributed by atoms with Gasteiger partial charge in [0.1, 0.15) is 5.75 Å². The van der Waals surface area contributed by atoms with E-state index in [2.05, 4.69) is 5.32 Å². The van der Waals surface area contributed by atoms with Crippen molar-refractivity contribution >= 4 is 23.3 Å². The second-order valence-electron chi connectivity index (χ2n) is 5.78. The highest BCUT2D eigenvalue weighted by Gasteiger charge is 2.12. The van der Waals surface area contributed by atoms with Gasteiger partial charge >= 0.3 is 5.97 Å². The summed E-state index contributed by atoms with van der Waals surface area (Å²) < 4.78 is 10.6. The zero-order valence-electron chi connectivity index (χ0n) is 15.1. The molecule has 26 heavy (non-hydrogen) atoms. The first-order valence-corrected chi connectivity index (χ1v) is 8.56. The topological polar surface area (TPSA) is 90.6 Å². The molecule has 0 spiro atoms. The molecule has 0 heterocycles. The highest BCUT2D eigenvalue weighted by atomic mass is 16.5. The minimum Gasteiger partial charge on any atom is -0.491 e. The molecule has 6 nitrogen and oxygen atoms in total. The lowest BCUT2D eigenvalue weighted by atomic mass is 10.1. The summed E-state index contributed by atoms with van der Waals surface area (Å²) in [5.41, 5.74) is 8.27. The van der Waals surface area contributed by atoms with Crippen molar-refractivity contribution in [3.8, 4) is 5.75 Å². The van der Waals surface area contributed by atoms with Crippen LogP contribution in [-0.4, -0.2) is 25.1 Å². The minimum atomic E-state index is -0.239. The molecule has 0 radical (unpaired) electrons. The maximum atomic E-state index is 12.5. The summed E-state index contributed by atoms with van der Waals surface area (Å²) in [6.07, 6.45) is 0.838. The number of hydrogen-bond donors (Lipinski definition) is 2. The van der Waals surface area contributed by atoms with Crippen LogP contribution in [0.4, 0.5) is 11.4 Å². The first kappa shape index (κ1) is 19.3. The summed E-state index contributed by atoms with van der Waals surface area (Å²) in [4.78, 5) is 23.9. The monoisotopic (exact) mass is 356 g/mol. The largest absolute Gasteiger partial charge is 0.491 e. The molecule has 2 aromatic carbocycles. The molecule has 3 N–H and O–H groups in total. The third-order valence-corrected chi connectivity index (χ3v) is 3.72. The molecule has 0 aromatic heterocycles. The van der Waals surface area contributed by atoms with E-state index in [4.69, 9.17) is 15.2 Å². The molecular formula is C20H24N2O4. The molecule has 1 amide bonds. The van der Waals surface area contributed by atoms with Crippen molar-refractivity contribution in [2.75, 3.05) is 24.3 Å². The fourth-order valence-corrected chi connectivity index (χ4v) is 2.46. The number of aryl methyl sites for hydroxylation is 1. The van der Waals surface area contributed by atoms with E-state index in [-0.39, 0.29) is 11.9 Å². The molecule has 0 aliphatic rings. The number of ether oxygens (including phenoxy) is 2. The average molecular weight is 356 g/mol. The number of nitrogens with one attached hydrogen (secondary N) is 1. The van der Waals surface area contributed by atoms with Gasteiger partial charge in [-0.15, -0.1) is 0 Å². The summed E-state index contributed by atoms with van der Waals surface area (Å²) in [5.74, 6) is 0.0828. The number of hydrogen-bond acceptors (Lipinski definition) is 5. The zero-order chi connectivity index (χ0) is 18.9.